The Hall–Kier alpha value is -2.27. The number of nitrogens with zero attached hydrogens (tertiary/aromatic N) is 2. The summed E-state index contributed by atoms with van der Waals surface area (Å²) < 4.78 is 2.42. The van der Waals surface area contributed by atoms with Gasteiger partial charge in [0.1, 0.15) is 6.54 Å². The van der Waals surface area contributed by atoms with Crippen LogP contribution in [0.3, 0.4) is 0 Å². The number of pyridine rings is 2. The predicted molar refractivity (Wildman–Crippen MR) is 185 cm³/mol. The van der Waals surface area contributed by atoms with Gasteiger partial charge in [-0.15, -0.1) is 0 Å². The summed E-state index contributed by atoms with van der Waals surface area (Å²) >= 11 is 0. The van der Waals surface area contributed by atoms with Gasteiger partial charge < -0.3 is 10.4 Å². The number of nitrogens with one attached hydrogen (secondary N) is 1. The minimum Gasteiger partial charge on any atom is -0.481 e. The van der Waals surface area contributed by atoms with Crippen LogP contribution in [0.1, 0.15) is 159 Å². The third kappa shape index (κ3) is 23.2. The van der Waals surface area contributed by atoms with Gasteiger partial charge in [0.15, 0.2) is 12.4 Å². The molecule has 0 aliphatic carbocycles. The van der Waals surface area contributed by atoms with E-state index in [2.05, 4.69) is 45.5 Å². The zero-order valence-electron chi connectivity index (χ0n) is 28.2. The number of aromatic nitrogens is 2. The van der Waals surface area contributed by atoms with E-state index < -0.39 is 5.97 Å². The number of aryl methyl sites for hydroxylation is 3. The molecule has 0 bridgehead atoms. The van der Waals surface area contributed by atoms with Gasteiger partial charge in [0.25, 0.3) is 0 Å². The first kappa shape index (κ1) is 37.9. The average Bonchev–Trinajstić information content (AvgIpc) is 3.03. The Labute approximate surface area is 270 Å². The van der Waals surface area contributed by atoms with E-state index in [1.807, 2.05) is 18.5 Å². The van der Waals surface area contributed by atoms with Crippen LogP contribution in [0.15, 0.2) is 49.1 Å². The average molecular weight is 609 g/mol. The maximum Gasteiger partial charge on any atom is 0.304 e. The maximum absolute atomic E-state index is 10.5. The number of carbonyl (C=O) groups is 1. The van der Waals surface area contributed by atoms with E-state index in [-0.39, 0.29) is 6.42 Å². The van der Waals surface area contributed by atoms with E-state index in [9.17, 15) is 4.79 Å². The third-order valence-electron chi connectivity index (χ3n) is 8.86. The molecular weight excluding hydrogens is 542 g/mol. The highest BCUT2D eigenvalue weighted by atomic mass is 16.4. The lowest BCUT2D eigenvalue weighted by molar-refractivity contribution is -0.697. The van der Waals surface area contributed by atoms with Gasteiger partial charge in [-0.3, -0.25) is 9.78 Å². The Bertz CT molecular complexity index is 921. The zero-order valence-corrected chi connectivity index (χ0v) is 28.2. The van der Waals surface area contributed by atoms with Crippen molar-refractivity contribution in [2.75, 3.05) is 13.1 Å². The van der Waals surface area contributed by atoms with Gasteiger partial charge in [-0.1, -0.05) is 115 Å². The van der Waals surface area contributed by atoms with E-state index >= 15 is 0 Å². The van der Waals surface area contributed by atoms with Crippen molar-refractivity contribution in [2.45, 2.75) is 167 Å². The van der Waals surface area contributed by atoms with Gasteiger partial charge in [-0.05, 0) is 62.8 Å². The zero-order chi connectivity index (χ0) is 31.2. The number of hydrogen-bond donors (Lipinski definition) is 2. The molecule has 2 aromatic heterocycles. The quantitative estimate of drug-likeness (QED) is 0.0660. The van der Waals surface area contributed by atoms with Crippen molar-refractivity contribution in [3.05, 3.63) is 60.2 Å². The minimum atomic E-state index is -0.718. The highest BCUT2D eigenvalue weighted by Gasteiger charge is 2.04. The molecular formula is C39H66N3O2+. The normalized spacial score (nSPS) is 11.3. The first-order chi connectivity index (χ1) is 21.7. The van der Waals surface area contributed by atoms with Crippen molar-refractivity contribution >= 4 is 5.97 Å². The summed E-state index contributed by atoms with van der Waals surface area (Å²) in [6.45, 7) is 2.71. The van der Waals surface area contributed by atoms with Crippen molar-refractivity contribution in [2.24, 2.45) is 0 Å². The standard InChI is InChI=1S/C39H65N3O2/c43-39(44)29-32-40-30-21-17-13-9-5-1-3-8-12-16-20-26-38-28-24-34-42(36-38)33-22-18-14-10-6-2-4-7-11-15-19-25-37-27-23-31-41-35-37/h23-24,27-28,31,34-36,40H,1-22,25-26,29-30,32-33H2/p+1. The SMILES string of the molecule is O=C(O)CCNCCCCCCCCCCCCCc1ccc[n+](CCCCCCCCCCCCCc2cccnc2)c1. The number of unbranched alkanes of at least 4 members (excludes halogenated alkanes) is 20. The van der Waals surface area contributed by atoms with Gasteiger partial charge in [0.05, 0.1) is 6.42 Å². The monoisotopic (exact) mass is 609 g/mol. The van der Waals surface area contributed by atoms with Crippen LogP contribution in [0.2, 0.25) is 0 Å². The second-order valence-electron chi connectivity index (χ2n) is 13.0. The number of hydrogen-bond acceptors (Lipinski definition) is 3. The molecule has 0 saturated heterocycles. The molecule has 0 fully saturated rings. The second kappa shape index (κ2) is 28.2. The topological polar surface area (TPSA) is 66.1 Å². The fraction of sp³-hybridized carbons (Fsp3) is 0.718. The number of rotatable bonds is 31. The van der Waals surface area contributed by atoms with Crippen LogP contribution in [0.25, 0.3) is 0 Å². The van der Waals surface area contributed by atoms with Crippen molar-refractivity contribution in [1.82, 2.24) is 10.3 Å². The van der Waals surface area contributed by atoms with Crippen molar-refractivity contribution < 1.29 is 14.5 Å². The fourth-order valence-corrected chi connectivity index (χ4v) is 6.11. The largest absolute Gasteiger partial charge is 0.481 e. The van der Waals surface area contributed by atoms with Crippen LogP contribution in [-0.2, 0) is 24.2 Å². The van der Waals surface area contributed by atoms with Gasteiger partial charge in [-0.25, -0.2) is 4.57 Å². The summed E-state index contributed by atoms with van der Waals surface area (Å²) in [5, 5.41) is 11.8. The van der Waals surface area contributed by atoms with Gasteiger partial charge in [-0.2, -0.15) is 0 Å². The molecule has 0 aromatic carbocycles. The van der Waals surface area contributed by atoms with Crippen LogP contribution in [0.4, 0.5) is 0 Å². The smallest absolute Gasteiger partial charge is 0.304 e. The summed E-state index contributed by atoms with van der Waals surface area (Å²) in [7, 11) is 0. The van der Waals surface area contributed by atoms with E-state index in [0.717, 1.165) is 19.5 Å². The lowest BCUT2D eigenvalue weighted by Crippen LogP contribution is -2.33. The summed E-state index contributed by atoms with van der Waals surface area (Å²) in [4.78, 5) is 14.7. The molecule has 0 amide bonds. The Morgan fingerprint density at radius 1 is 0.614 bits per heavy atom. The summed E-state index contributed by atoms with van der Waals surface area (Å²) in [6, 6.07) is 8.78. The Morgan fingerprint density at radius 2 is 1.11 bits per heavy atom. The van der Waals surface area contributed by atoms with Crippen LogP contribution in [0.5, 0.6) is 0 Å². The van der Waals surface area contributed by atoms with Crippen LogP contribution in [0, 0.1) is 0 Å². The lowest BCUT2D eigenvalue weighted by atomic mass is 10.0. The molecule has 0 aliphatic rings. The molecule has 2 aromatic rings. The second-order valence-corrected chi connectivity index (χ2v) is 13.0. The summed E-state index contributed by atoms with van der Waals surface area (Å²) in [6.07, 6.45) is 40.9. The van der Waals surface area contributed by atoms with Crippen LogP contribution >= 0.6 is 0 Å². The molecule has 2 rings (SSSR count). The Balaban J connectivity index is 1.30. The molecule has 0 saturated carbocycles. The molecule has 0 aliphatic heterocycles. The lowest BCUT2D eigenvalue weighted by Gasteiger charge is -2.05. The number of carboxylic acids is 1. The molecule has 0 spiro atoms. The number of aliphatic carboxylic acids is 1. The van der Waals surface area contributed by atoms with E-state index in [1.165, 1.54) is 159 Å². The molecule has 2 heterocycles. The maximum atomic E-state index is 10.5. The number of carboxylic acid groups (broad SMARTS) is 1. The Morgan fingerprint density at radius 3 is 1.66 bits per heavy atom. The summed E-state index contributed by atoms with van der Waals surface area (Å²) in [5.74, 6) is -0.718. The van der Waals surface area contributed by atoms with E-state index in [0.29, 0.717) is 6.54 Å². The minimum absolute atomic E-state index is 0.225. The fourth-order valence-electron chi connectivity index (χ4n) is 6.11. The first-order valence-electron chi connectivity index (χ1n) is 18.5. The highest BCUT2D eigenvalue weighted by molar-refractivity contribution is 5.66. The molecule has 0 radical (unpaired) electrons. The first-order valence-corrected chi connectivity index (χ1v) is 18.5. The van der Waals surface area contributed by atoms with Crippen molar-refractivity contribution in [1.29, 1.82) is 0 Å². The van der Waals surface area contributed by atoms with E-state index in [4.69, 9.17) is 5.11 Å². The third-order valence-corrected chi connectivity index (χ3v) is 8.86. The van der Waals surface area contributed by atoms with E-state index in [1.54, 1.807) is 0 Å². The van der Waals surface area contributed by atoms with Gasteiger partial charge >= 0.3 is 5.97 Å². The molecule has 5 nitrogen and oxygen atoms in total. The predicted octanol–water partition coefficient (Wildman–Crippen LogP) is 9.80. The molecule has 5 heteroatoms. The van der Waals surface area contributed by atoms with Gasteiger partial charge in [0.2, 0.25) is 0 Å². The van der Waals surface area contributed by atoms with Crippen molar-refractivity contribution in [3.63, 3.8) is 0 Å². The molecule has 0 unspecified atom stereocenters. The molecule has 248 valence electrons. The molecule has 44 heavy (non-hydrogen) atoms. The van der Waals surface area contributed by atoms with Crippen molar-refractivity contribution in [3.8, 4) is 0 Å². The Kier molecular flexibility index (Phi) is 24.3. The van der Waals surface area contributed by atoms with Gasteiger partial charge in [0, 0.05) is 37.0 Å². The van der Waals surface area contributed by atoms with Crippen LogP contribution < -0.4 is 9.88 Å². The summed E-state index contributed by atoms with van der Waals surface area (Å²) in [5.41, 5.74) is 2.88. The highest BCUT2D eigenvalue weighted by Crippen LogP contribution is 2.14. The molecule has 0 atom stereocenters. The van der Waals surface area contributed by atoms with Crippen LogP contribution in [-0.4, -0.2) is 29.1 Å². The molecule has 2 N–H and O–H groups in total.